The van der Waals surface area contributed by atoms with Gasteiger partial charge in [0.05, 0.1) is 11.2 Å². The van der Waals surface area contributed by atoms with Gasteiger partial charge in [-0.3, -0.25) is 0 Å². The monoisotopic (exact) mass is 259 g/mol. The molecular weight excluding hydrogens is 243 g/mol. The number of halogens is 3. The van der Waals surface area contributed by atoms with E-state index in [1.807, 2.05) is 0 Å². The third-order valence-corrected chi connectivity index (χ3v) is 3.56. The third kappa shape index (κ3) is 2.46. The van der Waals surface area contributed by atoms with Crippen LogP contribution in [0.3, 0.4) is 0 Å². The minimum atomic E-state index is -4.41. The van der Waals surface area contributed by atoms with Gasteiger partial charge < -0.3 is 10.8 Å². The van der Waals surface area contributed by atoms with Crippen molar-refractivity contribution in [2.75, 3.05) is 5.73 Å². The van der Waals surface area contributed by atoms with Crippen molar-refractivity contribution in [2.45, 2.75) is 43.9 Å². The van der Waals surface area contributed by atoms with E-state index in [2.05, 4.69) is 0 Å². The zero-order valence-corrected chi connectivity index (χ0v) is 9.93. The topological polar surface area (TPSA) is 46.2 Å². The third-order valence-electron chi connectivity index (χ3n) is 3.56. The van der Waals surface area contributed by atoms with E-state index in [-0.39, 0.29) is 11.3 Å². The molecule has 5 heteroatoms. The Kier molecular flexibility index (Phi) is 3.27. The van der Waals surface area contributed by atoms with E-state index in [9.17, 15) is 18.3 Å². The number of benzene rings is 1. The van der Waals surface area contributed by atoms with E-state index in [0.29, 0.717) is 12.8 Å². The van der Waals surface area contributed by atoms with E-state index in [4.69, 9.17) is 5.73 Å². The summed E-state index contributed by atoms with van der Waals surface area (Å²) >= 11 is 0. The second-order valence-corrected chi connectivity index (χ2v) is 4.89. The Morgan fingerprint density at radius 2 is 1.72 bits per heavy atom. The normalized spacial score (nSPS) is 19.8. The van der Waals surface area contributed by atoms with E-state index >= 15 is 0 Å². The van der Waals surface area contributed by atoms with Gasteiger partial charge in [0.1, 0.15) is 0 Å². The number of anilines is 1. The van der Waals surface area contributed by atoms with Crippen LogP contribution >= 0.6 is 0 Å². The average molecular weight is 259 g/mol. The lowest BCUT2D eigenvalue weighted by atomic mass is 9.78. The molecule has 0 atom stereocenters. The highest BCUT2D eigenvalue weighted by atomic mass is 19.4. The van der Waals surface area contributed by atoms with Gasteiger partial charge in [-0.15, -0.1) is 0 Å². The van der Waals surface area contributed by atoms with Gasteiger partial charge in [0.25, 0.3) is 0 Å². The van der Waals surface area contributed by atoms with Crippen molar-refractivity contribution in [1.82, 2.24) is 0 Å². The Hall–Kier alpha value is -1.23. The lowest BCUT2D eigenvalue weighted by molar-refractivity contribution is -0.137. The van der Waals surface area contributed by atoms with Crippen molar-refractivity contribution in [2.24, 2.45) is 0 Å². The largest absolute Gasteiger partial charge is 0.416 e. The lowest BCUT2D eigenvalue weighted by Crippen LogP contribution is -2.30. The molecule has 0 radical (unpaired) electrons. The van der Waals surface area contributed by atoms with Crippen LogP contribution in [-0.2, 0) is 11.8 Å². The number of hydrogen-bond donors (Lipinski definition) is 2. The smallest absolute Gasteiger partial charge is 0.398 e. The molecule has 1 fully saturated rings. The van der Waals surface area contributed by atoms with E-state index < -0.39 is 17.3 Å². The molecule has 0 aromatic heterocycles. The first-order valence-electron chi connectivity index (χ1n) is 6.02. The number of alkyl halides is 3. The van der Waals surface area contributed by atoms with Gasteiger partial charge in [0.2, 0.25) is 0 Å². The quantitative estimate of drug-likeness (QED) is 0.759. The van der Waals surface area contributed by atoms with Gasteiger partial charge in [0.15, 0.2) is 0 Å². The molecule has 1 aromatic rings. The molecule has 0 unspecified atom stereocenters. The first-order valence-corrected chi connectivity index (χ1v) is 6.02. The number of hydrogen-bond acceptors (Lipinski definition) is 2. The maximum absolute atomic E-state index is 12.7. The van der Waals surface area contributed by atoms with Crippen LogP contribution < -0.4 is 5.73 Å². The molecule has 3 N–H and O–H groups in total. The summed E-state index contributed by atoms with van der Waals surface area (Å²) in [7, 11) is 0. The molecule has 1 aliphatic carbocycles. The number of nitrogen functional groups attached to an aromatic ring is 1. The van der Waals surface area contributed by atoms with Crippen LogP contribution in [-0.4, -0.2) is 5.11 Å². The van der Waals surface area contributed by atoms with Crippen LogP contribution in [0, 0.1) is 0 Å². The molecule has 2 rings (SSSR count). The fourth-order valence-corrected chi connectivity index (χ4v) is 2.54. The Morgan fingerprint density at radius 1 is 1.11 bits per heavy atom. The van der Waals surface area contributed by atoms with Crippen LogP contribution in [0.15, 0.2) is 18.2 Å². The summed E-state index contributed by atoms with van der Waals surface area (Å²) in [5.41, 5.74) is 4.21. The number of aliphatic hydroxyl groups is 1. The maximum Gasteiger partial charge on any atom is 0.416 e. The summed E-state index contributed by atoms with van der Waals surface area (Å²) in [5, 5.41) is 10.5. The molecule has 2 nitrogen and oxygen atoms in total. The molecule has 0 heterocycles. The molecule has 0 aliphatic heterocycles. The Bertz CT molecular complexity index is 436. The van der Waals surface area contributed by atoms with E-state index in [1.54, 1.807) is 0 Å². The van der Waals surface area contributed by atoms with Crippen LogP contribution in [0.2, 0.25) is 0 Å². The zero-order valence-electron chi connectivity index (χ0n) is 9.93. The van der Waals surface area contributed by atoms with Crippen LogP contribution in [0.25, 0.3) is 0 Å². The highest BCUT2D eigenvalue weighted by molar-refractivity contribution is 5.52. The summed E-state index contributed by atoms with van der Waals surface area (Å²) in [5.74, 6) is 0. The molecule has 1 aromatic carbocycles. The Morgan fingerprint density at radius 3 is 2.28 bits per heavy atom. The van der Waals surface area contributed by atoms with Crippen LogP contribution in [0.4, 0.5) is 18.9 Å². The van der Waals surface area contributed by atoms with Gasteiger partial charge >= 0.3 is 6.18 Å². The van der Waals surface area contributed by atoms with Crippen molar-refractivity contribution in [3.05, 3.63) is 29.3 Å². The van der Waals surface area contributed by atoms with Crippen molar-refractivity contribution >= 4 is 5.69 Å². The van der Waals surface area contributed by atoms with Gasteiger partial charge in [-0.1, -0.05) is 19.3 Å². The first-order chi connectivity index (χ1) is 8.33. The minimum Gasteiger partial charge on any atom is -0.398 e. The standard InChI is InChI=1S/C13H16F3NO/c14-13(15,16)9-4-5-11(17)10(8-9)12(18)6-2-1-3-7-12/h4-5,8,18H,1-3,6-7,17H2. The second kappa shape index (κ2) is 4.46. The van der Waals surface area contributed by atoms with Crippen molar-refractivity contribution < 1.29 is 18.3 Å². The molecule has 0 saturated heterocycles. The first kappa shape index (κ1) is 13.2. The Balaban J connectivity index is 2.43. The summed E-state index contributed by atoms with van der Waals surface area (Å²) in [6.07, 6.45) is -0.843. The van der Waals surface area contributed by atoms with E-state index in [0.717, 1.165) is 31.4 Å². The summed E-state index contributed by atoms with van der Waals surface area (Å²) in [6.45, 7) is 0. The summed E-state index contributed by atoms with van der Waals surface area (Å²) in [6, 6.07) is 3.16. The maximum atomic E-state index is 12.7. The van der Waals surface area contributed by atoms with Gasteiger partial charge in [-0.25, -0.2) is 0 Å². The molecule has 1 saturated carbocycles. The lowest BCUT2D eigenvalue weighted by Gasteiger charge is -2.33. The number of rotatable bonds is 1. The van der Waals surface area contributed by atoms with Gasteiger partial charge in [0, 0.05) is 11.3 Å². The second-order valence-electron chi connectivity index (χ2n) is 4.89. The minimum absolute atomic E-state index is 0.219. The fourth-order valence-electron chi connectivity index (χ4n) is 2.54. The number of nitrogens with two attached hydrogens (primary N) is 1. The van der Waals surface area contributed by atoms with Crippen LogP contribution in [0.1, 0.15) is 43.2 Å². The predicted molar refractivity (Wildman–Crippen MR) is 62.8 cm³/mol. The van der Waals surface area contributed by atoms with Crippen molar-refractivity contribution in [1.29, 1.82) is 0 Å². The molecule has 0 bridgehead atoms. The molecular formula is C13H16F3NO. The van der Waals surface area contributed by atoms with Crippen molar-refractivity contribution in [3.8, 4) is 0 Å². The van der Waals surface area contributed by atoms with Crippen molar-refractivity contribution in [3.63, 3.8) is 0 Å². The highest BCUT2D eigenvalue weighted by Crippen LogP contribution is 2.41. The molecule has 0 amide bonds. The summed E-state index contributed by atoms with van der Waals surface area (Å²) < 4.78 is 38.0. The molecule has 100 valence electrons. The fraction of sp³-hybridized carbons (Fsp3) is 0.538. The highest BCUT2D eigenvalue weighted by Gasteiger charge is 2.36. The average Bonchev–Trinajstić information content (AvgIpc) is 2.28. The Labute approximate surface area is 104 Å². The van der Waals surface area contributed by atoms with E-state index in [1.165, 1.54) is 6.07 Å². The molecule has 0 spiro atoms. The van der Waals surface area contributed by atoms with Gasteiger partial charge in [-0.05, 0) is 31.0 Å². The SMILES string of the molecule is Nc1ccc(C(F)(F)F)cc1C1(O)CCCCC1. The predicted octanol–water partition coefficient (Wildman–Crippen LogP) is 3.44. The molecule has 1 aliphatic rings. The molecule has 18 heavy (non-hydrogen) atoms. The van der Waals surface area contributed by atoms with Gasteiger partial charge in [-0.2, -0.15) is 13.2 Å². The summed E-state index contributed by atoms with van der Waals surface area (Å²) in [4.78, 5) is 0. The zero-order chi connectivity index (χ0) is 13.4. The van der Waals surface area contributed by atoms with Crippen LogP contribution in [0.5, 0.6) is 0 Å².